The molecule has 1 aromatic heterocycles. The van der Waals surface area contributed by atoms with Crippen LogP contribution in [0.1, 0.15) is 28.6 Å². The van der Waals surface area contributed by atoms with E-state index in [-0.39, 0.29) is 6.42 Å². The van der Waals surface area contributed by atoms with Crippen molar-refractivity contribution in [3.63, 3.8) is 0 Å². The van der Waals surface area contributed by atoms with Crippen LogP contribution in [0.25, 0.3) is 0 Å². The minimum Gasteiger partial charge on any atom is -0.495 e. The zero-order chi connectivity index (χ0) is 16.2. The molecule has 116 valence electrons. The maximum atomic E-state index is 12.5. The number of carbonyl (C=O) groups excluding carboxylic acids is 1. The standard InChI is InChI=1S/C16H17NO4S/c1-3-16(15(19)20,11-7-5-4-6-8-11)17-14(18)13-12(21-2)9-10-22-13/h4-10H,3H2,1-2H3,(H,17,18)(H,19,20). The molecular formula is C16H17NO4S. The lowest BCUT2D eigenvalue weighted by Gasteiger charge is -2.29. The maximum absolute atomic E-state index is 12.5. The summed E-state index contributed by atoms with van der Waals surface area (Å²) >= 11 is 1.21. The highest BCUT2D eigenvalue weighted by Crippen LogP contribution is 2.29. The molecule has 0 aliphatic carbocycles. The number of thiophene rings is 1. The molecule has 5 nitrogen and oxygen atoms in total. The number of hydrogen-bond donors (Lipinski definition) is 2. The largest absolute Gasteiger partial charge is 0.495 e. The van der Waals surface area contributed by atoms with Gasteiger partial charge in [0.25, 0.3) is 5.91 Å². The van der Waals surface area contributed by atoms with E-state index < -0.39 is 17.4 Å². The number of ether oxygens (including phenoxy) is 1. The highest BCUT2D eigenvalue weighted by molar-refractivity contribution is 7.12. The van der Waals surface area contributed by atoms with Crippen molar-refractivity contribution in [3.05, 3.63) is 52.2 Å². The third-order valence-electron chi connectivity index (χ3n) is 3.54. The van der Waals surface area contributed by atoms with Gasteiger partial charge in [0.15, 0.2) is 5.54 Å². The van der Waals surface area contributed by atoms with Crippen molar-refractivity contribution in [1.29, 1.82) is 0 Å². The van der Waals surface area contributed by atoms with Crippen LogP contribution in [0.4, 0.5) is 0 Å². The number of carboxylic acid groups (broad SMARTS) is 1. The average Bonchev–Trinajstić information content (AvgIpc) is 3.01. The van der Waals surface area contributed by atoms with Gasteiger partial charge in [0.1, 0.15) is 10.6 Å². The predicted molar refractivity (Wildman–Crippen MR) is 84.4 cm³/mol. The van der Waals surface area contributed by atoms with Gasteiger partial charge < -0.3 is 15.2 Å². The minimum absolute atomic E-state index is 0.228. The van der Waals surface area contributed by atoms with Crippen molar-refractivity contribution in [1.82, 2.24) is 5.32 Å². The Bertz CT molecular complexity index is 668. The molecular weight excluding hydrogens is 302 g/mol. The Balaban J connectivity index is 2.40. The molecule has 0 spiro atoms. The topological polar surface area (TPSA) is 75.6 Å². The van der Waals surface area contributed by atoms with Gasteiger partial charge in [-0.05, 0) is 23.4 Å². The van der Waals surface area contributed by atoms with Gasteiger partial charge in [0.2, 0.25) is 0 Å². The van der Waals surface area contributed by atoms with Gasteiger partial charge in [-0.25, -0.2) is 4.79 Å². The normalized spacial score (nSPS) is 13.2. The number of amides is 1. The van der Waals surface area contributed by atoms with Crippen LogP contribution in [0.5, 0.6) is 5.75 Å². The number of rotatable bonds is 6. The first-order valence-corrected chi connectivity index (χ1v) is 7.66. The van der Waals surface area contributed by atoms with E-state index in [9.17, 15) is 14.7 Å². The zero-order valence-electron chi connectivity index (χ0n) is 12.3. The fraction of sp³-hybridized carbons (Fsp3) is 0.250. The molecule has 1 aromatic carbocycles. The van der Waals surface area contributed by atoms with E-state index in [0.29, 0.717) is 16.2 Å². The summed E-state index contributed by atoms with van der Waals surface area (Å²) in [5.41, 5.74) is -0.929. The van der Waals surface area contributed by atoms with E-state index >= 15 is 0 Å². The van der Waals surface area contributed by atoms with E-state index in [1.807, 2.05) is 0 Å². The van der Waals surface area contributed by atoms with Crippen LogP contribution in [0, 0.1) is 0 Å². The summed E-state index contributed by atoms with van der Waals surface area (Å²) in [5, 5.41) is 14.1. The molecule has 1 amide bonds. The third kappa shape index (κ3) is 2.82. The minimum atomic E-state index is -1.46. The van der Waals surface area contributed by atoms with Crippen molar-refractivity contribution < 1.29 is 19.4 Å². The third-order valence-corrected chi connectivity index (χ3v) is 4.44. The van der Waals surface area contributed by atoms with Crippen LogP contribution in [-0.2, 0) is 10.3 Å². The number of aliphatic carboxylic acids is 1. The van der Waals surface area contributed by atoms with E-state index in [4.69, 9.17) is 4.74 Å². The Morgan fingerprint density at radius 3 is 2.50 bits per heavy atom. The first kappa shape index (κ1) is 16.0. The molecule has 0 aliphatic heterocycles. The van der Waals surface area contributed by atoms with E-state index in [0.717, 1.165) is 0 Å². The SMILES string of the molecule is CCC(NC(=O)c1sccc1OC)(C(=O)O)c1ccccc1. The van der Waals surface area contributed by atoms with Crippen molar-refractivity contribution in [2.24, 2.45) is 0 Å². The highest BCUT2D eigenvalue weighted by atomic mass is 32.1. The van der Waals surface area contributed by atoms with Gasteiger partial charge in [0.05, 0.1) is 7.11 Å². The fourth-order valence-electron chi connectivity index (χ4n) is 2.29. The molecule has 1 unspecified atom stereocenters. The van der Waals surface area contributed by atoms with Crippen LogP contribution in [0.2, 0.25) is 0 Å². The molecule has 1 heterocycles. The van der Waals surface area contributed by atoms with Gasteiger partial charge in [-0.2, -0.15) is 0 Å². The number of carboxylic acids is 1. The molecule has 0 radical (unpaired) electrons. The summed E-state index contributed by atoms with van der Waals surface area (Å²) in [6, 6.07) is 10.4. The molecule has 2 rings (SSSR count). The lowest BCUT2D eigenvalue weighted by Crippen LogP contribution is -2.51. The van der Waals surface area contributed by atoms with Gasteiger partial charge in [-0.15, -0.1) is 11.3 Å². The molecule has 0 saturated carbocycles. The molecule has 0 saturated heterocycles. The van der Waals surface area contributed by atoms with E-state index in [1.165, 1.54) is 18.4 Å². The lowest BCUT2D eigenvalue weighted by molar-refractivity contribution is -0.145. The Hall–Kier alpha value is -2.34. The molecule has 2 aromatic rings. The Morgan fingerprint density at radius 2 is 1.95 bits per heavy atom. The summed E-state index contributed by atoms with van der Waals surface area (Å²) in [7, 11) is 1.47. The van der Waals surface area contributed by atoms with Crippen LogP contribution in [-0.4, -0.2) is 24.1 Å². The predicted octanol–water partition coefficient (Wildman–Crippen LogP) is 2.88. The van der Waals surface area contributed by atoms with E-state index in [2.05, 4.69) is 5.32 Å². The Kier molecular flexibility index (Phi) is 4.82. The monoisotopic (exact) mass is 319 g/mol. The van der Waals surface area contributed by atoms with Gasteiger partial charge in [0, 0.05) is 0 Å². The molecule has 6 heteroatoms. The molecule has 2 N–H and O–H groups in total. The van der Waals surface area contributed by atoms with Crippen molar-refractivity contribution >= 4 is 23.2 Å². The second-order valence-electron chi connectivity index (χ2n) is 4.70. The molecule has 22 heavy (non-hydrogen) atoms. The number of benzene rings is 1. The lowest BCUT2D eigenvalue weighted by atomic mass is 9.87. The Morgan fingerprint density at radius 1 is 1.27 bits per heavy atom. The summed E-state index contributed by atoms with van der Waals surface area (Å²) in [6.07, 6.45) is 0.228. The van der Waals surface area contributed by atoms with Crippen molar-refractivity contribution in [2.75, 3.05) is 7.11 Å². The van der Waals surface area contributed by atoms with Gasteiger partial charge in [-0.1, -0.05) is 37.3 Å². The van der Waals surface area contributed by atoms with Crippen LogP contribution >= 0.6 is 11.3 Å². The van der Waals surface area contributed by atoms with Gasteiger partial charge in [-0.3, -0.25) is 4.79 Å². The first-order valence-electron chi connectivity index (χ1n) is 6.78. The number of hydrogen-bond acceptors (Lipinski definition) is 4. The molecule has 0 fully saturated rings. The van der Waals surface area contributed by atoms with Crippen LogP contribution in [0.3, 0.4) is 0 Å². The van der Waals surface area contributed by atoms with Crippen LogP contribution in [0.15, 0.2) is 41.8 Å². The summed E-state index contributed by atoms with van der Waals surface area (Å²) < 4.78 is 5.12. The summed E-state index contributed by atoms with van der Waals surface area (Å²) in [5.74, 6) is -1.11. The summed E-state index contributed by atoms with van der Waals surface area (Å²) in [6.45, 7) is 1.73. The first-order chi connectivity index (χ1) is 10.5. The second-order valence-corrected chi connectivity index (χ2v) is 5.62. The number of methoxy groups -OCH3 is 1. The van der Waals surface area contributed by atoms with Crippen molar-refractivity contribution in [3.8, 4) is 5.75 Å². The number of nitrogens with one attached hydrogen (secondary N) is 1. The Labute approximate surface area is 132 Å². The summed E-state index contributed by atoms with van der Waals surface area (Å²) in [4.78, 5) is 24.7. The molecule has 0 bridgehead atoms. The quantitative estimate of drug-likeness (QED) is 0.858. The maximum Gasteiger partial charge on any atom is 0.334 e. The van der Waals surface area contributed by atoms with Gasteiger partial charge >= 0.3 is 5.97 Å². The van der Waals surface area contributed by atoms with Crippen LogP contribution < -0.4 is 10.1 Å². The average molecular weight is 319 g/mol. The smallest absolute Gasteiger partial charge is 0.334 e. The van der Waals surface area contributed by atoms with E-state index in [1.54, 1.807) is 48.7 Å². The highest BCUT2D eigenvalue weighted by Gasteiger charge is 2.40. The number of carbonyl (C=O) groups is 2. The molecule has 1 atom stereocenters. The van der Waals surface area contributed by atoms with Crippen molar-refractivity contribution in [2.45, 2.75) is 18.9 Å². The zero-order valence-corrected chi connectivity index (χ0v) is 13.1. The second kappa shape index (κ2) is 6.62. The fourth-order valence-corrected chi connectivity index (χ4v) is 3.04. The molecule has 0 aliphatic rings.